The van der Waals surface area contributed by atoms with Gasteiger partial charge in [-0.25, -0.2) is 0 Å². The van der Waals surface area contributed by atoms with Gasteiger partial charge in [-0.1, -0.05) is 25.4 Å². The molecule has 1 heterocycles. The molecule has 2 unspecified atom stereocenters. The molecule has 0 spiro atoms. The maximum atomic E-state index is 6.02. The lowest BCUT2D eigenvalue weighted by Gasteiger charge is -2.39. The zero-order valence-electron chi connectivity index (χ0n) is 10.9. The SMILES string of the molecule is CCNC1CCN(c2ccc(Cl)cc2I)CC1C. The minimum Gasteiger partial charge on any atom is -0.370 e. The molecule has 4 heteroatoms. The molecule has 1 aliphatic heterocycles. The number of piperidine rings is 1. The Morgan fingerprint density at radius 3 is 2.89 bits per heavy atom. The van der Waals surface area contributed by atoms with Crippen molar-refractivity contribution in [1.29, 1.82) is 0 Å². The Bertz CT molecular complexity index is 411. The molecule has 100 valence electrons. The molecule has 2 nitrogen and oxygen atoms in total. The monoisotopic (exact) mass is 378 g/mol. The van der Waals surface area contributed by atoms with Crippen LogP contribution in [0.5, 0.6) is 0 Å². The van der Waals surface area contributed by atoms with E-state index in [1.807, 2.05) is 12.1 Å². The molecular weight excluding hydrogens is 359 g/mol. The maximum Gasteiger partial charge on any atom is 0.0503 e. The summed E-state index contributed by atoms with van der Waals surface area (Å²) in [6.45, 7) is 7.83. The van der Waals surface area contributed by atoms with Crippen LogP contribution in [-0.2, 0) is 0 Å². The molecule has 0 saturated carbocycles. The molecule has 1 fully saturated rings. The van der Waals surface area contributed by atoms with Crippen LogP contribution < -0.4 is 10.2 Å². The highest BCUT2D eigenvalue weighted by molar-refractivity contribution is 14.1. The summed E-state index contributed by atoms with van der Waals surface area (Å²) in [5.41, 5.74) is 1.32. The second kappa shape index (κ2) is 6.44. The van der Waals surface area contributed by atoms with Gasteiger partial charge < -0.3 is 10.2 Å². The zero-order valence-corrected chi connectivity index (χ0v) is 13.8. The third-order valence-electron chi connectivity index (χ3n) is 3.62. The third-order valence-corrected chi connectivity index (χ3v) is 4.72. The van der Waals surface area contributed by atoms with E-state index in [1.54, 1.807) is 0 Å². The summed E-state index contributed by atoms with van der Waals surface area (Å²) < 4.78 is 1.24. The minimum atomic E-state index is 0.663. The molecule has 0 radical (unpaired) electrons. The van der Waals surface area contributed by atoms with Crippen LogP contribution in [0.25, 0.3) is 0 Å². The Morgan fingerprint density at radius 1 is 1.50 bits per heavy atom. The standard InChI is InChI=1S/C14H20ClIN2/c1-3-17-13-6-7-18(9-10(13)2)14-5-4-11(15)8-12(14)16/h4-5,8,10,13,17H,3,6-7,9H2,1-2H3. The van der Waals surface area contributed by atoms with E-state index in [9.17, 15) is 0 Å². The van der Waals surface area contributed by atoms with Crippen LogP contribution in [0.15, 0.2) is 18.2 Å². The van der Waals surface area contributed by atoms with Gasteiger partial charge in [0.05, 0.1) is 5.69 Å². The van der Waals surface area contributed by atoms with Gasteiger partial charge in [0.2, 0.25) is 0 Å². The lowest BCUT2D eigenvalue weighted by molar-refractivity contribution is 0.326. The molecule has 1 aliphatic rings. The van der Waals surface area contributed by atoms with Crippen LogP contribution in [0, 0.1) is 9.49 Å². The van der Waals surface area contributed by atoms with E-state index in [2.05, 4.69) is 52.7 Å². The largest absolute Gasteiger partial charge is 0.370 e. The minimum absolute atomic E-state index is 0.663. The molecule has 18 heavy (non-hydrogen) atoms. The first-order chi connectivity index (χ1) is 8.61. The summed E-state index contributed by atoms with van der Waals surface area (Å²) >= 11 is 8.39. The van der Waals surface area contributed by atoms with Gasteiger partial charge in [0, 0.05) is 27.7 Å². The van der Waals surface area contributed by atoms with Gasteiger partial charge in [-0.05, 0) is 59.7 Å². The summed E-state index contributed by atoms with van der Waals surface area (Å²) in [5.74, 6) is 0.685. The Balaban J connectivity index is 2.07. The Labute approximate surface area is 128 Å². The zero-order chi connectivity index (χ0) is 13.1. The average Bonchev–Trinajstić information content (AvgIpc) is 2.32. The Hall–Kier alpha value is -0.000000000000000111. The third kappa shape index (κ3) is 3.31. The molecule has 1 aromatic carbocycles. The molecular formula is C14H20ClIN2. The van der Waals surface area contributed by atoms with Crippen LogP contribution in [0.2, 0.25) is 5.02 Å². The number of halogens is 2. The van der Waals surface area contributed by atoms with E-state index in [-0.39, 0.29) is 0 Å². The first-order valence-electron chi connectivity index (χ1n) is 6.55. The molecule has 0 amide bonds. The quantitative estimate of drug-likeness (QED) is 0.806. The number of nitrogens with one attached hydrogen (secondary N) is 1. The fourth-order valence-corrected chi connectivity index (χ4v) is 3.88. The van der Waals surface area contributed by atoms with E-state index in [1.165, 1.54) is 15.7 Å². The van der Waals surface area contributed by atoms with Gasteiger partial charge in [-0.2, -0.15) is 0 Å². The maximum absolute atomic E-state index is 6.02. The van der Waals surface area contributed by atoms with Crippen molar-refractivity contribution in [2.75, 3.05) is 24.5 Å². The Kier molecular flexibility index (Phi) is 5.15. The normalized spacial score (nSPS) is 24.3. The van der Waals surface area contributed by atoms with Gasteiger partial charge >= 0.3 is 0 Å². The topological polar surface area (TPSA) is 15.3 Å². The van der Waals surface area contributed by atoms with Crippen LogP contribution in [-0.4, -0.2) is 25.7 Å². The lowest BCUT2D eigenvalue weighted by Crippen LogP contribution is -2.48. The molecule has 0 aromatic heterocycles. The van der Waals surface area contributed by atoms with Crippen molar-refractivity contribution in [3.63, 3.8) is 0 Å². The predicted molar refractivity (Wildman–Crippen MR) is 87.6 cm³/mol. The summed E-state index contributed by atoms with van der Waals surface area (Å²) in [6.07, 6.45) is 1.22. The van der Waals surface area contributed by atoms with Crippen molar-refractivity contribution >= 4 is 39.9 Å². The number of anilines is 1. The van der Waals surface area contributed by atoms with Crippen molar-refractivity contribution in [2.45, 2.75) is 26.3 Å². The van der Waals surface area contributed by atoms with E-state index < -0.39 is 0 Å². The van der Waals surface area contributed by atoms with Crippen molar-refractivity contribution in [3.05, 3.63) is 26.8 Å². The first-order valence-corrected chi connectivity index (χ1v) is 8.01. The van der Waals surface area contributed by atoms with E-state index in [4.69, 9.17) is 11.6 Å². The Morgan fingerprint density at radius 2 is 2.28 bits per heavy atom. The fourth-order valence-electron chi connectivity index (χ4n) is 2.67. The van der Waals surface area contributed by atoms with Gasteiger partial charge in [-0.3, -0.25) is 0 Å². The average molecular weight is 379 g/mol. The van der Waals surface area contributed by atoms with Crippen LogP contribution in [0.3, 0.4) is 0 Å². The van der Waals surface area contributed by atoms with Gasteiger partial charge in [-0.15, -0.1) is 0 Å². The molecule has 1 N–H and O–H groups in total. The van der Waals surface area contributed by atoms with Crippen LogP contribution in [0.4, 0.5) is 5.69 Å². The molecule has 2 atom stereocenters. The van der Waals surface area contributed by atoms with Crippen molar-refractivity contribution < 1.29 is 0 Å². The highest BCUT2D eigenvalue weighted by Crippen LogP contribution is 2.29. The number of benzene rings is 1. The van der Waals surface area contributed by atoms with Crippen LogP contribution in [0.1, 0.15) is 20.3 Å². The summed E-state index contributed by atoms with van der Waals surface area (Å²) in [7, 11) is 0. The first kappa shape index (κ1) is 14.4. The summed E-state index contributed by atoms with van der Waals surface area (Å²) in [4.78, 5) is 2.48. The molecule has 0 bridgehead atoms. The second-order valence-corrected chi connectivity index (χ2v) is 6.57. The van der Waals surface area contributed by atoms with Crippen LogP contribution >= 0.6 is 34.2 Å². The van der Waals surface area contributed by atoms with Crippen molar-refractivity contribution in [3.8, 4) is 0 Å². The second-order valence-electron chi connectivity index (χ2n) is 4.97. The molecule has 0 aliphatic carbocycles. The number of rotatable bonds is 3. The fraction of sp³-hybridized carbons (Fsp3) is 0.571. The van der Waals surface area contributed by atoms with Crippen molar-refractivity contribution in [2.24, 2.45) is 5.92 Å². The number of hydrogen-bond acceptors (Lipinski definition) is 2. The van der Waals surface area contributed by atoms with Gasteiger partial charge in [0.1, 0.15) is 0 Å². The van der Waals surface area contributed by atoms with E-state index in [0.717, 1.165) is 24.7 Å². The number of hydrogen-bond donors (Lipinski definition) is 1. The van der Waals surface area contributed by atoms with Crippen molar-refractivity contribution in [1.82, 2.24) is 5.32 Å². The van der Waals surface area contributed by atoms with E-state index in [0.29, 0.717) is 12.0 Å². The van der Waals surface area contributed by atoms with Gasteiger partial charge in [0.15, 0.2) is 0 Å². The number of nitrogens with zero attached hydrogens (tertiary/aromatic N) is 1. The molecule has 1 aromatic rings. The predicted octanol–water partition coefficient (Wildman–Crippen LogP) is 3.77. The smallest absolute Gasteiger partial charge is 0.0503 e. The summed E-state index contributed by atoms with van der Waals surface area (Å²) in [5, 5.41) is 4.40. The summed E-state index contributed by atoms with van der Waals surface area (Å²) in [6, 6.07) is 6.83. The highest BCUT2D eigenvalue weighted by Gasteiger charge is 2.26. The lowest BCUT2D eigenvalue weighted by atomic mass is 9.93. The van der Waals surface area contributed by atoms with E-state index >= 15 is 0 Å². The molecule has 1 saturated heterocycles. The van der Waals surface area contributed by atoms with Gasteiger partial charge in [0.25, 0.3) is 0 Å². The highest BCUT2D eigenvalue weighted by atomic mass is 127. The molecule has 2 rings (SSSR count).